The highest BCUT2D eigenvalue weighted by Crippen LogP contribution is 2.27. The van der Waals surface area contributed by atoms with Crippen LogP contribution >= 0.6 is 0 Å². The maximum atomic E-state index is 13.5. The topological polar surface area (TPSA) is 80.3 Å². The van der Waals surface area contributed by atoms with Gasteiger partial charge in [0, 0.05) is 57.2 Å². The summed E-state index contributed by atoms with van der Waals surface area (Å²) >= 11 is 0. The van der Waals surface area contributed by atoms with E-state index >= 15 is 0 Å². The second kappa shape index (κ2) is 14.1. The molecule has 0 fully saturated rings. The molecule has 0 saturated carbocycles. The van der Waals surface area contributed by atoms with Crippen LogP contribution in [0.1, 0.15) is 40.1 Å². The molecule has 3 aromatic carbocycles. The SMILES string of the molecule is COc1cccc(C(=O)Nc2ccc3c(c2)OC[C@H](C)N(CCc2ccccc2)C[C@@H](C)[C@@H](OC)CN(C)C3=O)c1. The Kier molecular flexibility index (Phi) is 10.4. The quantitative estimate of drug-likeness (QED) is 0.439. The van der Waals surface area contributed by atoms with Crippen molar-refractivity contribution in [3.8, 4) is 11.5 Å². The van der Waals surface area contributed by atoms with Crippen LogP contribution in [0.2, 0.25) is 0 Å². The molecule has 0 radical (unpaired) electrons. The Morgan fingerprint density at radius 3 is 2.51 bits per heavy atom. The minimum atomic E-state index is -0.280. The zero-order valence-electron chi connectivity index (χ0n) is 24.6. The van der Waals surface area contributed by atoms with Gasteiger partial charge in [-0.3, -0.25) is 14.5 Å². The number of benzene rings is 3. The van der Waals surface area contributed by atoms with Crippen molar-refractivity contribution < 1.29 is 23.8 Å². The number of nitrogens with one attached hydrogen (secondary N) is 1. The van der Waals surface area contributed by atoms with E-state index in [2.05, 4.69) is 48.3 Å². The molecule has 1 heterocycles. The average Bonchev–Trinajstić information content (AvgIpc) is 3.00. The molecule has 0 aromatic heterocycles. The number of methoxy groups -OCH3 is 2. The third kappa shape index (κ3) is 7.86. The first-order chi connectivity index (χ1) is 19.8. The van der Waals surface area contributed by atoms with Gasteiger partial charge in [-0.1, -0.05) is 43.3 Å². The molecule has 0 aliphatic carbocycles. The van der Waals surface area contributed by atoms with E-state index in [1.165, 1.54) is 5.56 Å². The first kappa shape index (κ1) is 30.1. The monoisotopic (exact) mass is 559 g/mol. The van der Waals surface area contributed by atoms with Crippen LogP contribution in [0.4, 0.5) is 5.69 Å². The van der Waals surface area contributed by atoms with Gasteiger partial charge >= 0.3 is 0 Å². The van der Waals surface area contributed by atoms with Crippen molar-refractivity contribution in [2.24, 2.45) is 5.92 Å². The number of rotatable bonds is 7. The van der Waals surface area contributed by atoms with Crippen LogP contribution in [0.3, 0.4) is 0 Å². The van der Waals surface area contributed by atoms with Crippen molar-refractivity contribution in [1.29, 1.82) is 0 Å². The third-order valence-electron chi connectivity index (χ3n) is 7.70. The molecule has 41 heavy (non-hydrogen) atoms. The molecular formula is C33H41N3O5. The fourth-order valence-corrected chi connectivity index (χ4v) is 5.12. The zero-order chi connectivity index (χ0) is 29.4. The summed E-state index contributed by atoms with van der Waals surface area (Å²) in [7, 11) is 5.05. The molecule has 0 unspecified atom stereocenters. The fourth-order valence-electron chi connectivity index (χ4n) is 5.12. The molecule has 1 aliphatic rings. The van der Waals surface area contributed by atoms with Crippen LogP contribution in [0.5, 0.6) is 11.5 Å². The highest BCUT2D eigenvalue weighted by molar-refractivity contribution is 6.05. The largest absolute Gasteiger partial charge is 0.497 e. The molecule has 0 saturated heterocycles. The van der Waals surface area contributed by atoms with E-state index < -0.39 is 0 Å². The van der Waals surface area contributed by atoms with E-state index in [0.29, 0.717) is 41.5 Å². The van der Waals surface area contributed by atoms with Crippen molar-refractivity contribution in [2.45, 2.75) is 32.4 Å². The highest BCUT2D eigenvalue weighted by atomic mass is 16.5. The van der Waals surface area contributed by atoms with E-state index in [-0.39, 0.29) is 29.9 Å². The van der Waals surface area contributed by atoms with Gasteiger partial charge in [0.1, 0.15) is 18.1 Å². The molecule has 2 amide bonds. The third-order valence-corrected chi connectivity index (χ3v) is 7.70. The van der Waals surface area contributed by atoms with Gasteiger partial charge in [-0.05, 0) is 55.2 Å². The van der Waals surface area contributed by atoms with Crippen LogP contribution in [-0.4, -0.2) is 81.3 Å². The summed E-state index contributed by atoms with van der Waals surface area (Å²) in [6, 6.07) is 22.7. The number of fused-ring (bicyclic) bond motifs is 1. The van der Waals surface area contributed by atoms with Crippen LogP contribution in [-0.2, 0) is 11.2 Å². The Morgan fingerprint density at radius 1 is 1.00 bits per heavy atom. The minimum absolute atomic E-state index is 0.0776. The van der Waals surface area contributed by atoms with Crippen LogP contribution in [0.15, 0.2) is 72.8 Å². The van der Waals surface area contributed by atoms with Crippen molar-refractivity contribution in [1.82, 2.24) is 9.80 Å². The Bertz CT molecular complexity index is 1320. The predicted molar refractivity (Wildman–Crippen MR) is 161 cm³/mol. The van der Waals surface area contributed by atoms with Crippen molar-refractivity contribution in [2.75, 3.05) is 52.8 Å². The summed E-state index contributed by atoms with van der Waals surface area (Å²) in [4.78, 5) is 30.6. The number of ether oxygens (including phenoxy) is 3. The molecule has 0 spiro atoms. The van der Waals surface area contributed by atoms with Gasteiger partial charge in [0.25, 0.3) is 11.8 Å². The number of anilines is 1. The average molecular weight is 560 g/mol. The van der Waals surface area contributed by atoms with E-state index in [9.17, 15) is 9.59 Å². The summed E-state index contributed by atoms with van der Waals surface area (Å²) in [5, 5.41) is 2.92. The van der Waals surface area contributed by atoms with Crippen LogP contribution in [0.25, 0.3) is 0 Å². The molecule has 218 valence electrons. The second-order valence-electron chi connectivity index (χ2n) is 10.7. The van der Waals surface area contributed by atoms with Crippen molar-refractivity contribution in [3.63, 3.8) is 0 Å². The smallest absolute Gasteiger partial charge is 0.257 e. The Balaban J connectivity index is 1.59. The van der Waals surface area contributed by atoms with E-state index in [0.717, 1.165) is 19.5 Å². The number of hydrogen-bond acceptors (Lipinski definition) is 6. The molecule has 8 nitrogen and oxygen atoms in total. The molecule has 3 atom stereocenters. The summed E-state index contributed by atoms with van der Waals surface area (Å²) < 4.78 is 17.5. The Labute approximate surface area is 243 Å². The first-order valence-electron chi connectivity index (χ1n) is 14.1. The molecule has 3 aromatic rings. The lowest BCUT2D eigenvalue weighted by molar-refractivity contribution is 0.0109. The number of carbonyl (C=O) groups is 2. The fraction of sp³-hybridized carbons (Fsp3) is 0.394. The van der Waals surface area contributed by atoms with E-state index in [4.69, 9.17) is 14.2 Å². The van der Waals surface area contributed by atoms with E-state index in [1.54, 1.807) is 68.6 Å². The zero-order valence-corrected chi connectivity index (χ0v) is 24.6. The molecule has 4 rings (SSSR count). The number of nitrogens with zero attached hydrogens (tertiary/aromatic N) is 2. The number of carbonyl (C=O) groups excluding carboxylic acids is 2. The number of hydrogen-bond donors (Lipinski definition) is 1. The lowest BCUT2D eigenvalue weighted by Crippen LogP contribution is -2.47. The first-order valence-corrected chi connectivity index (χ1v) is 14.1. The van der Waals surface area contributed by atoms with Gasteiger partial charge in [-0.2, -0.15) is 0 Å². The summed E-state index contributed by atoms with van der Waals surface area (Å²) in [6.07, 6.45) is 0.797. The van der Waals surface area contributed by atoms with Crippen LogP contribution < -0.4 is 14.8 Å². The highest BCUT2D eigenvalue weighted by Gasteiger charge is 2.28. The summed E-state index contributed by atoms with van der Waals surface area (Å²) in [5.41, 5.74) is 2.74. The summed E-state index contributed by atoms with van der Waals surface area (Å²) in [5.74, 6) is 0.790. The van der Waals surface area contributed by atoms with Gasteiger partial charge in [0.05, 0.1) is 18.8 Å². The lowest BCUT2D eigenvalue weighted by Gasteiger charge is -2.36. The number of amides is 2. The lowest BCUT2D eigenvalue weighted by atomic mass is 10.0. The van der Waals surface area contributed by atoms with E-state index in [1.807, 2.05) is 6.07 Å². The maximum Gasteiger partial charge on any atom is 0.257 e. The molecule has 1 N–H and O–H groups in total. The van der Waals surface area contributed by atoms with Gasteiger partial charge in [0.2, 0.25) is 0 Å². The van der Waals surface area contributed by atoms with Gasteiger partial charge in [0.15, 0.2) is 0 Å². The minimum Gasteiger partial charge on any atom is -0.497 e. The summed E-state index contributed by atoms with van der Waals surface area (Å²) in [6.45, 7) is 6.83. The normalized spacial score (nSPS) is 20.3. The predicted octanol–water partition coefficient (Wildman–Crippen LogP) is 5.00. The van der Waals surface area contributed by atoms with Gasteiger partial charge in [-0.25, -0.2) is 0 Å². The second-order valence-corrected chi connectivity index (χ2v) is 10.7. The molecular weight excluding hydrogens is 518 g/mol. The Morgan fingerprint density at radius 2 is 1.78 bits per heavy atom. The number of likely N-dealkylation sites (N-methyl/N-ethyl adjacent to an activating group) is 1. The van der Waals surface area contributed by atoms with Crippen LogP contribution in [0, 0.1) is 5.92 Å². The molecule has 1 aliphatic heterocycles. The Hall–Kier alpha value is -3.88. The maximum absolute atomic E-state index is 13.5. The van der Waals surface area contributed by atoms with Gasteiger partial charge in [-0.15, -0.1) is 0 Å². The standard InChI is InChI=1S/C33H41N3O5/c1-23-20-36(17-16-25-10-7-6-8-11-25)24(2)22-41-30-19-27(34-32(37)26-12-9-13-28(18-26)39-4)14-15-29(30)33(38)35(3)21-31(23)40-5/h6-15,18-19,23-24,31H,16-17,20-22H2,1-5H3,(H,34,37)/t23-,24+,31+/m1/s1. The van der Waals surface area contributed by atoms with Crippen molar-refractivity contribution >= 4 is 17.5 Å². The van der Waals surface area contributed by atoms with Gasteiger partial charge < -0.3 is 24.4 Å². The molecule has 8 heteroatoms. The van der Waals surface area contributed by atoms with Crippen molar-refractivity contribution in [3.05, 3.63) is 89.5 Å². The molecule has 0 bridgehead atoms.